The maximum Gasteiger partial charge on any atom is 0.298 e. The molecule has 3 aliphatic rings. The fourth-order valence-corrected chi connectivity index (χ4v) is 6.09. The van der Waals surface area contributed by atoms with E-state index in [2.05, 4.69) is 21.5 Å². The number of aryl methyl sites for hydroxylation is 1. The molecular weight excluding hydrogens is 519 g/mol. The summed E-state index contributed by atoms with van der Waals surface area (Å²) < 4.78 is 1.90. The zero-order valence-electron chi connectivity index (χ0n) is 22.1. The fourth-order valence-electron chi connectivity index (χ4n) is 6.09. The Morgan fingerprint density at radius 2 is 1.73 bits per heavy atom. The number of carbonyl (C=O) groups is 3. The van der Waals surface area contributed by atoms with Crippen LogP contribution >= 0.6 is 0 Å². The topological polar surface area (TPSA) is 130 Å². The number of pyridine rings is 1. The van der Waals surface area contributed by atoms with Crippen molar-refractivity contribution in [2.45, 2.75) is 38.3 Å². The third-order valence-corrected chi connectivity index (χ3v) is 8.13. The van der Waals surface area contributed by atoms with Crippen LogP contribution in [0.25, 0.3) is 22.4 Å². The smallest absolute Gasteiger partial charge is 0.298 e. The van der Waals surface area contributed by atoms with Gasteiger partial charge in [0.15, 0.2) is 0 Å². The zero-order valence-corrected chi connectivity index (χ0v) is 22.1. The van der Waals surface area contributed by atoms with Gasteiger partial charge in [0.05, 0.1) is 11.4 Å². The van der Waals surface area contributed by atoms with Gasteiger partial charge in [-0.1, -0.05) is 41.0 Å². The van der Waals surface area contributed by atoms with Crippen molar-refractivity contribution >= 4 is 36.3 Å². The van der Waals surface area contributed by atoms with E-state index in [1.165, 1.54) is 0 Å². The first-order valence-electron chi connectivity index (χ1n) is 13.6. The number of amides is 3. The Hall–Kier alpha value is -5.06. The molecule has 7 rings (SSSR count). The summed E-state index contributed by atoms with van der Waals surface area (Å²) in [4.78, 5) is 42.8. The third kappa shape index (κ3) is 4.39. The molecule has 3 amide bonds. The predicted octanol–water partition coefficient (Wildman–Crippen LogP) is 2.02. The van der Waals surface area contributed by atoms with Gasteiger partial charge in [0.2, 0.25) is 11.8 Å². The van der Waals surface area contributed by atoms with Gasteiger partial charge in [-0.15, -0.1) is 0 Å². The molecule has 1 fully saturated rings. The number of imide groups is 1. The van der Waals surface area contributed by atoms with Gasteiger partial charge < -0.3 is 14.7 Å². The lowest BCUT2D eigenvalue weighted by atomic mass is 9.81. The molecule has 4 aromatic rings. The molecule has 0 bridgehead atoms. The van der Waals surface area contributed by atoms with Crippen LogP contribution in [0.2, 0.25) is 0 Å². The monoisotopic (exact) mass is 544 g/mol. The summed E-state index contributed by atoms with van der Waals surface area (Å²) in [7, 11) is 0.490. The summed E-state index contributed by atoms with van der Waals surface area (Å²) in [5.41, 5.74) is 9.06. The summed E-state index contributed by atoms with van der Waals surface area (Å²) in [6, 6.07) is 15.1. The lowest BCUT2D eigenvalue weighted by Crippen LogP contribution is -2.52. The molecule has 2 aromatic heterocycles. The van der Waals surface area contributed by atoms with E-state index < -0.39 is 11.9 Å². The molecule has 1 atom stereocenters. The number of carbonyl (C=O) groups excluding carboxylic acids is 3. The minimum absolute atomic E-state index is 0.187. The van der Waals surface area contributed by atoms with Crippen molar-refractivity contribution in [2.24, 2.45) is 5.16 Å². The van der Waals surface area contributed by atoms with E-state index in [-0.39, 0.29) is 18.2 Å². The molecule has 1 saturated heterocycles. The number of piperidine rings is 1. The van der Waals surface area contributed by atoms with Gasteiger partial charge in [0, 0.05) is 53.8 Å². The molecule has 11 heteroatoms. The summed E-state index contributed by atoms with van der Waals surface area (Å²) in [5, 5.41) is 20.1. The van der Waals surface area contributed by atoms with E-state index in [1.807, 2.05) is 53.3 Å². The average molecular weight is 544 g/mol. The first kappa shape index (κ1) is 24.9. The number of fused-ring (bicyclic) bond motifs is 2. The van der Waals surface area contributed by atoms with Gasteiger partial charge in [-0.05, 0) is 54.2 Å². The minimum atomic E-state index is -0.639. The summed E-state index contributed by atoms with van der Waals surface area (Å²) in [6.45, 7) is 0.329. The van der Waals surface area contributed by atoms with E-state index >= 15 is 0 Å². The molecule has 4 heterocycles. The van der Waals surface area contributed by atoms with E-state index in [4.69, 9.17) is 5.10 Å². The van der Waals surface area contributed by atoms with Crippen molar-refractivity contribution in [3.63, 3.8) is 0 Å². The van der Waals surface area contributed by atoms with Gasteiger partial charge in [-0.2, -0.15) is 5.10 Å². The lowest BCUT2D eigenvalue weighted by Gasteiger charge is -2.29. The fraction of sp³-hybridized carbons (Fsp3) is 0.200. The largest absolute Gasteiger partial charge is 0.411 e. The van der Waals surface area contributed by atoms with Gasteiger partial charge in [0.25, 0.3) is 13.3 Å². The highest BCUT2D eigenvalue weighted by molar-refractivity contribution is 6.51. The molecule has 41 heavy (non-hydrogen) atoms. The van der Waals surface area contributed by atoms with Crippen LogP contribution in [-0.4, -0.2) is 61.7 Å². The first-order chi connectivity index (χ1) is 20.0. The Labute approximate surface area is 236 Å². The van der Waals surface area contributed by atoms with Crippen LogP contribution in [0.1, 0.15) is 46.3 Å². The van der Waals surface area contributed by atoms with E-state index in [0.717, 1.165) is 51.0 Å². The molecule has 1 aliphatic carbocycles. The Morgan fingerprint density at radius 1 is 0.902 bits per heavy atom. The minimum Gasteiger partial charge on any atom is -0.411 e. The molecular formula is C30H25BN6O4. The van der Waals surface area contributed by atoms with Crippen molar-refractivity contribution in [2.75, 3.05) is 0 Å². The van der Waals surface area contributed by atoms with Crippen LogP contribution in [0.3, 0.4) is 0 Å². The summed E-state index contributed by atoms with van der Waals surface area (Å²) in [5.74, 6) is -0.902. The van der Waals surface area contributed by atoms with Gasteiger partial charge in [0.1, 0.15) is 6.04 Å². The van der Waals surface area contributed by atoms with Crippen molar-refractivity contribution in [1.82, 2.24) is 24.9 Å². The Kier molecular flexibility index (Phi) is 5.99. The number of benzene rings is 2. The third-order valence-electron chi connectivity index (χ3n) is 8.13. The first-order valence-corrected chi connectivity index (χ1v) is 13.6. The zero-order chi connectivity index (χ0) is 28.1. The molecule has 0 spiro atoms. The Morgan fingerprint density at radius 3 is 2.54 bits per heavy atom. The summed E-state index contributed by atoms with van der Waals surface area (Å²) in [6.07, 6.45) is 7.62. The van der Waals surface area contributed by atoms with E-state index in [9.17, 15) is 19.6 Å². The van der Waals surface area contributed by atoms with Crippen LogP contribution < -0.4 is 10.8 Å². The lowest BCUT2D eigenvalue weighted by molar-refractivity contribution is -0.136. The van der Waals surface area contributed by atoms with Crippen LogP contribution in [0.15, 0.2) is 72.3 Å². The molecule has 1 unspecified atom stereocenters. The van der Waals surface area contributed by atoms with Crippen molar-refractivity contribution in [3.8, 4) is 22.4 Å². The standard InChI is InChI=1S/C30H25BN6O4/c38-27-8-7-26(29(39)33-27)36-15-20-14-21(3-5-23(20)30(36)40)31-37-16-24(28(34-37)17-9-11-32-12-10-17)19-1-4-22-18(13-19)2-6-25(22)35-41/h1,3-5,9-14,16,26,31,41H,2,6-8,15H2,(H,33,38,39)/b35-25+. The van der Waals surface area contributed by atoms with Crippen LogP contribution in [0.4, 0.5) is 0 Å². The molecule has 2 aliphatic heterocycles. The second-order valence-corrected chi connectivity index (χ2v) is 10.6. The SMILES string of the molecule is O=C1CCC(N2Cc3cc(Bn4cc(-c5ccc6c(c5)CC/C6=N\O)c(-c5ccncc5)n4)ccc3C2=O)C(=O)N1. The number of nitrogens with zero attached hydrogens (tertiary/aromatic N) is 5. The van der Waals surface area contributed by atoms with Crippen LogP contribution in [-0.2, 0) is 22.6 Å². The van der Waals surface area contributed by atoms with Gasteiger partial charge >= 0.3 is 0 Å². The molecule has 2 N–H and O–H groups in total. The highest BCUT2D eigenvalue weighted by Crippen LogP contribution is 2.34. The van der Waals surface area contributed by atoms with Gasteiger partial charge in [-0.25, -0.2) is 0 Å². The normalized spacial score (nSPS) is 18.9. The van der Waals surface area contributed by atoms with Gasteiger partial charge in [-0.3, -0.25) is 24.7 Å². The number of oxime groups is 1. The predicted molar refractivity (Wildman–Crippen MR) is 152 cm³/mol. The van der Waals surface area contributed by atoms with Crippen LogP contribution in [0, 0.1) is 0 Å². The van der Waals surface area contributed by atoms with E-state index in [0.29, 0.717) is 38.1 Å². The second kappa shape index (κ2) is 9.85. The highest BCUT2D eigenvalue weighted by Gasteiger charge is 2.39. The Bertz CT molecular complexity index is 1770. The quantitative estimate of drug-likeness (QED) is 0.171. The average Bonchev–Trinajstić information content (AvgIpc) is 3.68. The summed E-state index contributed by atoms with van der Waals surface area (Å²) >= 11 is 0. The molecule has 202 valence electrons. The van der Waals surface area contributed by atoms with Crippen LogP contribution in [0.5, 0.6) is 0 Å². The number of hydrogen-bond donors (Lipinski definition) is 2. The number of rotatable bonds is 5. The maximum atomic E-state index is 13.1. The number of aromatic nitrogens is 3. The van der Waals surface area contributed by atoms with Crippen molar-refractivity contribution in [3.05, 3.63) is 89.4 Å². The number of hydrogen-bond acceptors (Lipinski definition) is 7. The Balaban J connectivity index is 1.19. The van der Waals surface area contributed by atoms with Crippen molar-refractivity contribution in [1.29, 1.82) is 0 Å². The maximum absolute atomic E-state index is 13.1. The highest BCUT2D eigenvalue weighted by atomic mass is 16.4. The molecule has 0 saturated carbocycles. The van der Waals surface area contributed by atoms with Crippen molar-refractivity contribution < 1.29 is 19.6 Å². The van der Waals surface area contributed by atoms with E-state index in [1.54, 1.807) is 17.3 Å². The second-order valence-electron chi connectivity index (χ2n) is 10.6. The molecule has 2 aromatic carbocycles. The molecule has 10 nitrogen and oxygen atoms in total. The number of nitrogens with one attached hydrogen (secondary N) is 1. The molecule has 0 radical (unpaired) electrons.